The van der Waals surface area contributed by atoms with E-state index < -0.39 is 0 Å². The van der Waals surface area contributed by atoms with Crippen LogP contribution in [0.4, 0.5) is 11.4 Å². The summed E-state index contributed by atoms with van der Waals surface area (Å²) >= 11 is 0. The number of nitrogens with zero attached hydrogens (tertiary/aromatic N) is 2. The summed E-state index contributed by atoms with van der Waals surface area (Å²) in [4.78, 5) is 0. The molecular weight excluding hydrogens is 624 g/mol. The molecule has 0 aliphatic rings. The molecule has 3 radical (unpaired) electrons. The van der Waals surface area contributed by atoms with Gasteiger partial charge in [0.15, 0.2) is 0 Å². The molecule has 4 aromatic rings. The van der Waals surface area contributed by atoms with Crippen molar-refractivity contribution in [1.82, 2.24) is 5.32 Å². The second kappa shape index (κ2) is 21.0. The normalized spacial score (nSPS) is 9.82. The van der Waals surface area contributed by atoms with Gasteiger partial charge in [-0.2, -0.15) is 49.2 Å². The molecular formula is C40H53BN3Zr. The van der Waals surface area contributed by atoms with Crippen LogP contribution >= 0.6 is 0 Å². The van der Waals surface area contributed by atoms with Crippen molar-refractivity contribution in [2.75, 3.05) is 26.2 Å². The van der Waals surface area contributed by atoms with Crippen LogP contribution in [0.1, 0.15) is 66.8 Å². The maximum atomic E-state index is 4.89. The summed E-state index contributed by atoms with van der Waals surface area (Å²) in [6.45, 7) is 32.8. The number of hydrogen-bond acceptors (Lipinski definition) is 1. The topological polar surface area (TPSA) is 40.2 Å². The minimum Gasteiger partial charge on any atom is -0.683 e. The minimum absolute atomic E-state index is 0. The number of rotatable bonds is 8. The SMILES string of the molecule is Cc1c(C)c(C)c([N-]CCNCC[N-]c2c(C)c(C)c(C)c(C)c2C)c(C)c1C.[B].[CH2-]c1ccccc1.[CH2-]c1ccccc1.[Zr+4]. The van der Waals surface area contributed by atoms with E-state index in [4.69, 9.17) is 10.6 Å². The van der Waals surface area contributed by atoms with E-state index in [1.165, 1.54) is 67.0 Å². The number of nitrogens with one attached hydrogen (secondary N) is 1. The van der Waals surface area contributed by atoms with Gasteiger partial charge in [-0.15, -0.1) is 48.7 Å². The van der Waals surface area contributed by atoms with Gasteiger partial charge >= 0.3 is 26.2 Å². The van der Waals surface area contributed by atoms with Crippen molar-refractivity contribution in [3.05, 3.63) is 152 Å². The van der Waals surface area contributed by atoms with Crippen LogP contribution in [0.15, 0.2) is 60.7 Å². The maximum absolute atomic E-state index is 4.89. The standard InChI is InChI=1S/C26H39N3.2C7H7.B.Zr/c1-15-17(3)21(7)25(22(8)18(15)4)28-13-11-27-12-14-29-26-23(9)19(5)16(2)20(6)24(26)10;2*1-7-5-3-2-4-6-7;;/h27H,11-14H2,1-10H3;2*2-6H,1H2;;/q-2;2*-1;;+4. The third-order valence-corrected chi connectivity index (χ3v) is 8.72. The van der Waals surface area contributed by atoms with Gasteiger partial charge in [-0.3, -0.25) is 0 Å². The molecule has 0 amide bonds. The Kier molecular flexibility index (Phi) is 19.7. The van der Waals surface area contributed by atoms with E-state index in [1.54, 1.807) is 0 Å². The Labute approximate surface area is 297 Å². The summed E-state index contributed by atoms with van der Waals surface area (Å²) in [7, 11) is 0. The van der Waals surface area contributed by atoms with Crippen molar-refractivity contribution in [3.63, 3.8) is 0 Å². The van der Waals surface area contributed by atoms with Gasteiger partial charge in [-0.05, 0) is 116 Å². The minimum atomic E-state index is 0. The molecule has 0 spiro atoms. The fourth-order valence-corrected chi connectivity index (χ4v) is 5.01. The van der Waals surface area contributed by atoms with Crippen molar-refractivity contribution >= 4 is 19.8 Å². The first-order valence-electron chi connectivity index (χ1n) is 15.3. The molecule has 0 atom stereocenters. The summed E-state index contributed by atoms with van der Waals surface area (Å²) in [5, 5.41) is 13.3. The average molecular weight is 678 g/mol. The van der Waals surface area contributed by atoms with Crippen molar-refractivity contribution in [2.24, 2.45) is 0 Å². The Bertz CT molecular complexity index is 1280. The molecule has 3 nitrogen and oxygen atoms in total. The van der Waals surface area contributed by atoms with E-state index in [-0.39, 0.29) is 34.6 Å². The average Bonchev–Trinajstić information content (AvgIpc) is 3.01. The molecule has 1 N–H and O–H groups in total. The van der Waals surface area contributed by atoms with Crippen LogP contribution in [-0.4, -0.2) is 34.6 Å². The van der Waals surface area contributed by atoms with Gasteiger partial charge < -0.3 is 16.0 Å². The Morgan fingerprint density at radius 2 is 0.689 bits per heavy atom. The van der Waals surface area contributed by atoms with Crippen molar-refractivity contribution in [1.29, 1.82) is 0 Å². The molecule has 0 saturated heterocycles. The van der Waals surface area contributed by atoms with Gasteiger partial charge in [0.25, 0.3) is 0 Å². The molecule has 4 aromatic carbocycles. The van der Waals surface area contributed by atoms with Crippen LogP contribution in [0.25, 0.3) is 10.6 Å². The van der Waals surface area contributed by atoms with Gasteiger partial charge in [0.05, 0.1) is 0 Å². The Balaban J connectivity index is 0.000000987. The molecule has 0 bridgehead atoms. The summed E-state index contributed by atoms with van der Waals surface area (Å²) < 4.78 is 0. The summed E-state index contributed by atoms with van der Waals surface area (Å²) in [5.41, 5.74) is 18.0. The largest absolute Gasteiger partial charge is 4.00 e. The Hall–Kier alpha value is -2.87. The van der Waals surface area contributed by atoms with E-state index in [0.29, 0.717) is 0 Å². The molecule has 0 aliphatic carbocycles. The van der Waals surface area contributed by atoms with Gasteiger partial charge in [0.1, 0.15) is 0 Å². The smallest absolute Gasteiger partial charge is 0.683 e. The van der Waals surface area contributed by atoms with Gasteiger partial charge in [-0.25, -0.2) is 0 Å². The first-order chi connectivity index (χ1) is 20.4. The Morgan fingerprint density at radius 3 is 0.911 bits per heavy atom. The zero-order valence-electron chi connectivity index (χ0n) is 29.5. The summed E-state index contributed by atoms with van der Waals surface area (Å²) in [5.74, 6) is 0. The zero-order chi connectivity index (χ0) is 32.1. The van der Waals surface area contributed by atoms with E-state index in [2.05, 4.69) is 88.4 Å². The Morgan fingerprint density at radius 1 is 0.444 bits per heavy atom. The molecule has 0 fully saturated rings. The maximum Gasteiger partial charge on any atom is 4.00 e. The zero-order valence-corrected chi connectivity index (χ0v) is 31.9. The third-order valence-electron chi connectivity index (χ3n) is 8.72. The van der Waals surface area contributed by atoms with E-state index >= 15 is 0 Å². The predicted molar refractivity (Wildman–Crippen MR) is 196 cm³/mol. The first-order valence-corrected chi connectivity index (χ1v) is 15.3. The molecule has 0 heterocycles. The fraction of sp³-hybridized carbons (Fsp3) is 0.350. The number of benzene rings is 4. The second-order valence-corrected chi connectivity index (χ2v) is 11.4. The van der Waals surface area contributed by atoms with Crippen LogP contribution in [0, 0.1) is 83.1 Å². The van der Waals surface area contributed by atoms with Crippen molar-refractivity contribution < 1.29 is 26.2 Å². The number of hydrogen-bond donors (Lipinski definition) is 1. The van der Waals surface area contributed by atoms with Crippen molar-refractivity contribution in [3.8, 4) is 0 Å². The van der Waals surface area contributed by atoms with Crippen LogP contribution in [-0.2, 0) is 26.2 Å². The van der Waals surface area contributed by atoms with E-state index in [9.17, 15) is 0 Å². The van der Waals surface area contributed by atoms with E-state index in [0.717, 1.165) is 37.3 Å². The molecule has 0 aliphatic heterocycles. The fourth-order valence-electron chi connectivity index (χ4n) is 5.01. The molecule has 0 unspecified atom stereocenters. The van der Waals surface area contributed by atoms with Crippen molar-refractivity contribution in [2.45, 2.75) is 69.2 Å². The second-order valence-electron chi connectivity index (χ2n) is 11.4. The quantitative estimate of drug-likeness (QED) is 0.113. The molecule has 235 valence electrons. The molecule has 5 heteroatoms. The summed E-state index contributed by atoms with van der Waals surface area (Å²) in [6, 6.07) is 19.7. The van der Waals surface area contributed by atoms with Gasteiger partial charge in [0.2, 0.25) is 0 Å². The van der Waals surface area contributed by atoms with E-state index in [1.807, 2.05) is 60.7 Å². The first kappa shape index (κ1) is 42.1. The van der Waals surface area contributed by atoms with Crippen LogP contribution in [0.3, 0.4) is 0 Å². The van der Waals surface area contributed by atoms with Crippen LogP contribution < -0.4 is 5.32 Å². The molecule has 0 saturated carbocycles. The monoisotopic (exact) mass is 676 g/mol. The van der Waals surface area contributed by atoms with Gasteiger partial charge in [0, 0.05) is 8.41 Å². The van der Waals surface area contributed by atoms with Crippen LogP contribution in [0.2, 0.25) is 0 Å². The summed E-state index contributed by atoms with van der Waals surface area (Å²) in [6.07, 6.45) is 0. The third kappa shape index (κ3) is 12.4. The van der Waals surface area contributed by atoms with Crippen LogP contribution in [0.5, 0.6) is 0 Å². The predicted octanol–water partition coefficient (Wildman–Crippen LogP) is 10.4. The molecule has 0 aromatic heterocycles. The molecule has 4 rings (SSSR count). The van der Waals surface area contributed by atoms with Gasteiger partial charge in [-0.1, -0.05) is 34.4 Å². The molecule has 45 heavy (non-hydrogen) atoms.